The average molecular weight is 185 g/mol. The van der Waals surface area contributed by atoms with E-state index in [0.29, 0.717) is 5.56 Å². The van der Waals surface area contributed by atoms with Crippen LogP contribution in [0.2, 0.25) is 0 Å². The maximum absolute atomic E-state index is 10.8. The Kier molecular flexibility index (Phi) is 2.47. The summed E-state index contributed by atoms with van der Waals surface area (Å²) in [4.78, 5) is 10.8. The van der Waals surface area contributed by atoms with Crippen molar-refractivity contribution in [2.45, 2.75) is 5.66 Å². The Morgan fingerprint density at radius 3 is 2.17 bits per heavy atom. The van der Waals surface area contributed by atoms with Gasteiger partial charge in [-0.15, -0.1) is 0 Å². The highest BCUT2D eigenvalue weighted by Gasteiger charge is 2.29. The van der Waals surface area contributed by atoms with Crippen LogP contribution < -0.4 is 11.5 Å². The lowest BCUT2D eigenvalue weighted by Gasteiger charge is -2.19. The molecule has 0 saturated heterocycles. The minimum Gasteiger partial charge on any atom is -0.302 e. The zero-order chi connectivity index (χ0) is 9.19. The van der Waals surface area contributed by atoms with Crippen LogP contribution in [0.25, 0.3) is 0 Å². The Hall–Kier alpha value is -0.900. The number of hydrogen-bond acceptors (Lipinski definition) is 3. The van der Waals surface area contributed by atoms with E-state index in [0.717, 1.165) is 0 Å². The van der Waals surface area contributed by atoms with Gasteiger partial charge in [0.25, 0.3) is 5.24 Å². The molecule has 3 nitrogen and oxygen atoms in total. The first-order valence-corrected chi connectivity index (χ1v) is 3.76. The number of nitrogens with two attached hydrogens (primary N) is 2. The molecule has 0 aliphatic heterocycles. The number of hydrogen-bond donors (Lipinski definition) is 2. The van der Waals surface area contributed by atoms with Crippen molar-refractivity contribution in [3.05, 3.63) is 35.9 Å². The van der Waals surface area contributed by atoms with E-state index < -0.39 is 10.9 Å². The first-order chi connectivity index (χ1) is 5.55. The summed E-state index contributed by atoms with van der Waals surface area (Å²) in [6, 6.07) is 8.59. The molecule has 1 aromatic carbocycles. The molecule has 0 spiro atoms. The highest BCUT2D eigenvalue weighted by Crippen LogP contribution is 2.14. The van der Waals surface area contributed by atoms with Crippen LogP contribution in [0, 0.1) is 0 Å². The standard InChI is InChI=1S/C8H9ClN2O/c9-7(12)8(10,11)6-4-2-1-3-5-6/h1-5H,10-11H2. The molecule has 0 amide bonds. The molecule has 1 aromatic rings. The maximum Gasteiger partial charge on any atom is 0.260 e. The van der Waals surface area contributed by atoms with Crippen molar-refractivity contribution in [2.24, 2.45) is 11.5 Å². The summed E-state index contributed by atoms with van der Waals surface area (Å²) < 4.78 is 0. The van der Waals surface area contributed by atoms with Crippen molar-refractivity contribution in [1.82, 2.24) is 0 Å². The molecule has 0 aromatic heterocycles. The quantitative estimate of drug-likeness (QED) is 0.520. The number of rotatable bonds is 2. The Morgan fingerprint density at radius 2 is 1.75 bits per heavy atom. The molecule has 0 aliphatic rings. The lowest BCUT2D eigenvalue weighted by molar-refractivity contribution is -0.116. The average Bonchev–Trinajstić information content (AvgIpc) is 2.06. The summed E-state index contributed by atoms with van der Waals surface area (Å²) in [6.45, 7) is 0. The van der Waals surface area contributed by atoms with Gasteiger partial charge in [0.1, 0.15) is 0 Å². The summed E-state index contributed by atoms with van der Waals surface area (Å²) in [5.41, 5.74) is 9.88. The third-order valence-corrected chi connectivity index (χ3v) is 1.89. The van der Waals surface area contributed by atoms with Gasteiger partial charge in [-0.25, -0.2) is 0 Å². The SMILES string of the molecule is NC(N)(C(=O)Cl)c1ccccc1. The summed E-state index contributed by atoms with van der Waals surface area (Å²) in [7, 11) is 0. The number of benzene rings is 1. The van der Waals surface area contributed by atoms with Gasteiger partial charge in [0.05, 0.1) is 0 Å². The topological polar surface area (TPSA) is 69.1 Å². The molecule has 1 rings (SSSR count). The van der Waals surface area contributed by atoms with Crippen molar-refractivity contribution in [3.63, 3.8) is 0 Å². The first kappa shape index (κ1) is 9.19. The van der Waals surface area contributed by atoms with Crippen molar-refractivity contribution < 1.29 is 4.79 Å². The van der Waals surface area contributed by atoms with Crippen LogP contribution in [0.1, 0.15) is 5.56 Å². The van der Waals surface area contributed by atoms with E-state index in [4.69, 9.17) is 23.1 Å². The predicted octanol–water partition coefficient (Wildman–Crippen LogP) is 0.522. The smallest absolute Gasteiger partial charge is 0.260 e. The largest absolute Gasteiger partial charge is 0.302 e. The number of carbonyl (C=O) groups excluding carboxylic acids is 1. The van der Waals surface area contributed by atoms with Gasteiger partial charge in [0.15, 0.2) is 5.66 Å². The van der Waals surface area contributed by atoms with E-state index >= 15 is 0 Å². The van der Waals surface area contributed by atoms with Crippen molar-refractivity contribution in [2.75, 3.05) is 0 Å². The summed E-state index contributed by atoms with van der Waals surface area (Å²) in [5.74, 6) is 0. The van der Waals surface area contributed by atoms with Crippen molar-refractivity contribution >= 4 is 16.8 Å². The Labute approximate surface area is 75.3 Å². The molecule has 0 aliphatic carbocycles. The van der Waals surface area contributed by atoms with Gasteiger partial charge in [-0.1, -0.05) is 30.3 Å². The molecule has 64 valence electrons. The van der Waals surface area contributed by atoms with E-state index in [1.807, 2.05) is 0 Å². The Morgan fingerprint density at radius 1 is 1.25 bits per heavy atom. The third-order valence-electron chi connectivity index (χ3n) is 1.58. The monoisotopic (exact) mass is 184 g/mol. The van der Waals surface area contributed by atoms with Gasteiger partial charge in [-0.3, -0.25) is 4.79 Å². The Balaban J connectivity index is 3.06. The van der Waals surface area contributed by atoms with Gasteiger partial charge in [0.2, 0.25) is 0 Å². The van der Waals surface area contributed by atoms with Crippen LogP contribution >= 0.6 is 11.6 Å². The summed E-state index contributed by atoms with van der Waals surface area (Å²) in [5, 5.41) is -0.770. The molecule has 0 heterocycles. The van der Waals surface area contributed by atoms with Crippen molar-refractivity contribution in [3.8, 4) is 0 Å². The molecule has 4 heteroatoms. The minimum absolute atomic E-state index is 0.505. The van der Waals surface area contributed by atoms with E-state index in [1.54, 1.807) is 30.3 Å². The highest BCUT2D eigenvalue weighted by molar-refractivity contribution is 6.65. The van der Waals surface area contributed by atoms with Crippen molar-refractivity contribution in [1.29, 1.82) is 0 Å². The molecule has 0 fully saturated rings. The molecule has 0 unspecified atom stereocenters. The fraction of sp³-hybridized carbons (Fsp3) is 0.125. The van der Waals surface area contributed by atoms with Crippen LogP contribution in [-0.4, -0.2) is 5.24 Å². The second-order valence-electron chi connectivity index (χ2n) is 2.51. The first-order valence-electron chi connectivity index (χ1n) is 3.38. The summed E-state index contributed by atoms with van der Waals surface area (Å²) >= 11 is 5.22. The normalized spacial score (nSPS) is 11.2. The van der Waals surface area contributed by atoms with Gasteiger partial charge in [-0.05, 0) is 17.2 Å². The van der Waals surface area contributed by atoms with Gasteiger partial charge >= 0.3 is 0 Å². The molecular formula is C8H9ClN2O. The zero-order valence-corrected chi connectivity index (χ0v) is 7.08. The second-order valence-corrected chi connectivity index (χ2v) is 2.85. The molecule has 0 saturated carbocycles. The number of carbonyl (C=O) groups is 1. The molecule has 12 heavy (non-hydrogen) atoms. The van der Waals surface area contributed by atoms with Gasteiger partial charge in [-0.2, -0.15) is 0 Å². The molecule has 0 atom stereocenters. The highest BCUT2D eigenvalue weighted by atomic mass is 35.5. The lowest BCUT2D eigenvalue weighted by Crippen LogP contribution is -2.51. The van der Waals surface area contributed by atoms with Crippen LogP contribution in [0.4, 0.5) is 0 Å². The number of halogens is 1. The van der Waals surface area contributed by atoms with Crippen LogP contribution in [0.3, 0.4) is 0 Å². The maximum atomic E-state index is 10.8. The molecular weight excluding hydrogens is 176 g/mol. The molecule has 4 N–H and O–H groups in total. The van der Waals surface area contributed by atoms with E-state index in [1.165, 1.54) is 0 Å². The van der Waals surface area contributed by atoms with E-state index in [9.17, 15) is 4.79 Å². The molecule has 0 radical (unpaired) electrons. The second kappa shape index (κ2) is 3.23. The molecule has 0 bridgehead atoms. The van der Waals surface area contributed by atoms with E-state index in [2.05, 4.69) is 0 Å². The van der Waals surface area contributed by atoms with Gasteiger partial charge in [0, 0.05) is 0 Å². The van der Waals surface area contributed by atoms with E-state index in [-0.39, 0.29) is 0 Å². The van der Waals surface area contributed by atoms with Gasteiger partial charge < -0.3 is 11.5 Å². The minimum atomic E-state index is -1.58. The fourth-order valence-electron chi connectivity index (χ4n) is 0.827. The zero-order valence-electron chi connectivity index (χ0n) is 6.33. The fourth-order valence-corrected chi connectivity index (χ4v) is 0.937. The van der Waals surface area contributed by atoms with Crippen LogP contribution in [-0.2, 0) is 10.5 Å². The lowest BCUT2D eigenvalue weighted by atomic mass is 10.0. The summed E-state index contributed by atoms with van der Waals surface area (Å²) in [6.07, 6.45) is 0. The van der Waals surface area contributed by atoms with Crippen LogP contribution in [0.15, 0.2) is 30.3 Å². The Bertz CT molecular complexity index is 284. The third kappa shape index (κ3) is 1.64. The predicted molar refractivity (Wildman–Crippen MR) is 47.4 cm³/mol. The van der Waals surface area contributed by atoms with Crippen LogP contribution in [0.5, 0.6) is 0 Å².